The number of unbranched alkanes of at least 4 members (excludes halogenated alkanes) is 1. The standard InChI is InChI=1S/C23H44N4O5S/c1-22(2,32-14-10-23(3,33)31-6)9-12-25-18-19(21(30)20(18)29)26-15-17(28)16-27(5)13-8-7-11-24-4/h17,24-26,28,33H,7-16H2,1-6H3. The number of aliphatic hydroxyl groups excluding tert-OH is 1. The molecule has 10 heteroatoms. The van der Waals surface area contributed by atoms with Crippen molar-refractivity contribution in [3.8, 4) is 0 Å². The lowest BCUT2D eigenvalue weighted by molar-refractivity contribution is -0.0416. The van der Waals surface area contributed by atoms with Crippen LogP contribution in [-0.2, 0) is 9.47 Å². The number of nitrogens with zero attached hydrogens (tertiary/aromatic N) is 1. The van der Waals surface area contributed by atoms with Gasteiger partial charge in [-0.05, 0) is 67.2 Å². The van der Waals surface area contributed by atoms with E-state index in [1.807, 2.05) is 34.9 Å². The van der Waals surface area contributed by atoms with Crippen molar-refractivity contribution >= 4 is 24.0 Å². The first-order chi connectivity index (χ1) is 15.4. The molecule has 1 aromatic carbocycles. The molecule has 0 aliphatic rings. The fourth-order valence-corrected chi connectivity index (χ4v) is 3.42. The van der Waals surface area contributed by atoms with Gasteiger partial charge >= 0.3 is 0 Å². The van der Waals surface area contributed by atoms with Crippen molar-refractivity contribution in [2.24, 2.45) is 0 Å². The van der Waals surface area contributed by atoms with E-state index in [9.17, 15) is 14.7 Å². The highest BCUT2D eigenvalue weighted by Gasteiger charge is 2.25. The third kappa shape index (κ3) is 11.2. The van der Waals surface area contributed by atoms with Crippen LogP contribution in [0.15, 0.2) is 9.59 Å². The molecule has 0 aliphatic carbocycles. The van der Waals surface area contributed by atoms with E-state index in [2.05, 4.69) is 33.5 Å². The number of methoxy groups -OCH3 is 1. The van der Waals surface area contributed by atoms with E-state index in [4.69, 9.17) is 9.47 Å². The van der Waals surface area contributed by atoms with E-state index < -0.39 is 27.5 Å². The molecule has 4 N–H and O–H groups in total. The minimum absolute atomic E-state index is 0.205. The number of nitrogens with one attached hydrogen (secondary N) is 3. The minimum atomic E-state index is -0.645. The van der Waals surface area contributed by atoms with Gasteiger partial charge in [-0.2, -0.15) is 0 Å². The van der Waals surface area contributed by atoms with Crippen LogP contribution >= 0.6 is 12.6 Å². The molecule has 2 atom stereocenters. The summed E-state index contributed by atoms with van der Waals surface area (Å²) in [7, 11) is 5.51. The van der Waals surface area contributed by atoms with Crippen molar-refractivity contribution in [2.75, 3.05) is 71.2 Å². The Balaban J connectivity index is 2.42. The fraction of sp³-hybridized carbons (Fsp3) is 0.826. The second-order valence-corrected chi connectivity index (χ2v) is 10.4. The van der Waals surface area contributed by atoms with Crippen LogP contribution in [0.4, 0.5) is 11.4 Å². The molecule has 0 saturated heterocycles. The number of hydrogen-bond acceptors (Lipinski definition) is 10. The van der Waals surface area contributed by atoms with Crippen molar-refractivity contribution in [2.45, 2.75) is 63.1 Å². The zero-order valence-electron chi connectivity index (χ0n) is 21.1. The molecule has 0 heterocycles. The van der Waals surface area contributed by atoms with E-state index in [1.165, 1.54) is 0 Å². The lowest BCUT2D eigenvalue weighted by Gasteiger charge is -2.29. The molecule has 2 unspecified atom stereocenters. The number of likely N-dealkylation sites (N-methyl/N-ethyl adjacent to an activating group) is 1. The van der Waals surface area contributed by atoms with Crippen molar-refractivity contribution in [1.29, 1.82) is 0 Å². The molecule has 1 aromatic rings. The normalized spacial score (nSPS) is 15.1. The quantitative estimate of drug-likeness (QED) is 0.0850. The van der Waals surface area contributed by atoms with E-state index >= 15 is 0 Å². The Kier molecular flexibility index (Phi) is 12.9. The number of aliphatic hydroxyl groups is 1. The van der Waals surface area contributed by atoms with Gasteiger partial charge in [-0.25, -0.2) is 0 Å². The average molecular weight is 489 g/mol. The molecule has 0 aliphatic heterocycles. The maximum Gasteiger partial charge on any atom is 0.253 e. The zero-order valence-corrected chi connectivity index (χ0v) is 22.0. The molecule has 0 amide bonds. The molecular weight excluding hydrogens is 444 g/mol. The summed E-state index contributed by atoms with van der Waals surface area (Å²) in [6.07, 6.45) is 2.76. The molecule has 0 spiro atoms. The summed E-state index contributed by atoms with van der Waals surface area (Å²) >= 11 is 4.42. The van der Waals surface area contributed by atoms with E-state index in [1.54, 1.807) is 7.11 Å². The summed E-state index contributed by atoms with van der Waals surface area (Å²) in [6.45, 7) is 9.37. The molecule has 33 heavy (non-hydrogen) atoms. The van der Waals surface area contributed by atoms with Gasteiger partial charge in [0.05, 0.1) is 18.3 Å². The Bertz CT molecular complexity index is 764. The van der Waals surface area contributed by atoms with Crippen LogP contribution in [0.25, 0.3) is 0 Å². The predicted octanol–water partition coefficient (Wildman–Crippen LogP) is 1.27. The van der Waals surface area contributed by atoms with Crippen LogP contribution in [0.1, 0.15) is 46.5 Å². The lowest BCUT2D eigenvalue weighted by atomic mass is 10.0. The van der Waals surface area contributed by atoms with Gasteiger partial charge in [0.25, 0.3) is 10.9 Å². The van der Waals surface area contributed by atoms with Crippen LogP contribution in [0.5, 0.6) is 0 Å². The van der Waals surface area contributed by atoms with E-state index in [0.717, 1.165) is 25.9 Å². The summed E-state index contributed by atoms with van der Waals surface area (Å²) in [5.41, 5.74) is -0.957. The summed E-state index contributed by atoms with van der Waals surface area (Å²) in [4.78, 5) is 25.5. The van der Waals surface area contributed by atoms with Gasteiger partial charge in [-0.3, -0.25) is 9.59 Å². The topological polar surface area (TPSA) is 112 Å². The van der Waals surface area contributed by atoms with Gasteiger partial charge in [-0.15, -0.1) is 12.6 Å². The van der Waals surface area contributed by atoms with Crippen LogP contribution in [-0.4, -0.2) is 87.2 Å². The molecule has 0 saturated carbocycles. The molecule has 0 aromatic heterocycles. The number of ether oxygens (including phenoxy) is 2. The predicted molar refractivity (Wildman–Crippen MR) is 139 cm³/mol. The smallest absolute Gasteiger partial charge is 0.253 e. The largest absolute Gasteiger partial charge is 0.390 e. The minimum Gasteiger partial charge on any atom is -0.390 e. The van der Waals surface area contributed by atoms with Crippen LogP contribution in [0.2, 0.25) is 0 Å². The number of hydrogen-bond donors (Lipinski definition) is 5. The lowest BCUT2D eigenvalue weighted by Crippen LogP contribution is -2.41. The van der Waals surface area contributed by atoms with Crippen molar-refractivity contribution in [3.05, 3.63) is 20.4 Å². The Labute approximate surface area is 203 Å². The first-order valence-corrected chi connectivity index (χ1v) is 12.1. The monoisotopic (exact) mass is 488 g/mol. The van der Waals surface area contributed by atoms with Gasteiger partial charge in [0.2, 0.25) is 0 Å². The highest BCUT2D eigenvalue weighted by atomic mass is 32.1. The van der Waals surface area contributed by atoms with Gasteiger partial charge in [-0.1, -0.05) is 0 Å². The van der Waals surface area contributed by atoms with Crippen LogP contribution in [0.3, 0.4) is 0 Å². The number of anilines is 2. The van der Waals surface area contributed by atoms with Crippen molar-refractivity contribution < 1.29 is 14.6 Å². The van der Waals surface area contributed by atoms with Gasteiger partial charge in [0.1, 0.15) is 16.3 Å². The fourth-order valence-electron chi connectivity index (χ4n) is 3.33. The first-order valence-electron chi connectivity index (χ1n) is 11.7. The van der Waals surface area contributed by atoms with Crippen LogP contribution in [0, 0.1) is 0 Å². The summed E-state index contributed by atoms with van der Waals surface area (Å²) in [6, 6.07) is 0. The average Bonchev–Trinajstić information content (AvgIpc) is 2.74. The Morgan fingerprint density at radius 1 is 1.06 bits per heavy atom. The molecule has 9 nitrogen and oxygen atoms in total. The molecule has 1 rings (SSSR count). The van der Waals surface area contributed by atoms with E-state index in [0.29, 0.717) is 32.5 Å². The first kappa shape index (κ1) is 29.9. The number of thiol groups is 1. The maximum atomic E-state index is 12.0. The highest BCUT2D eigenvalue weighted by Crippen LogP contribution is 2.22. The molecule has 0 bridgehead atoms. The SMILES string of the molecule is CNCCCCN(C)CC(O)CNc1c(NCCC(C)(C)OCCC(C)(S)OC)c(=O)c1=O. The summed E-state index contributed by atoms with van der Waals surface area (Å²) < 4.78 is 11.2. The highest BCUT2D eigenvalue weighted by molar-refractivity contribution is 7.81. The maximum absolute atomic E-state index is 12.0. The second kappa shape index (κ2) is 14.3. The molecular formula is C23H44N4O5S. The van der Waals surface area contributed by atoms with Gasteiger partial charge in [0.15, 0.2) is 0 Å². The molecule has 0 radical (unpaired) electrons. The molecule has 0 fully saturated rings. The Hall–Kier alpha value is -1.17. The van der Waals surface area contributed by atoms with Crippen molar-refractivity contribution in [3.63, 3.8) is 0 Å². The van der Waals surface area contributed by atoms with Gasteiger partial charge in [0, 0.05) is 33.2 Å². The summed E-state index contributed by atoms with van der Waals surface area (Å²) in [5.74, 6) is 0. The number of rotatable bonds is 19. The van der Waals surface area contributed by atoms with Crippen LogP contribution < -0.4 is 26.8 Å². The van der Waals surface area contributed by atoms with Gasteiger partial charge < -0.3 is 35.4 Å². The van der Waals surface area contributed by atoms with Crippen molar-refractivity contribution in [1.82, 2.24) is 10.2 Å². The summed E-state index contributed by atoms with van der Waals surface area (Å²) in [5, 5.41) is 19.4. The Morgan fingerprint density at radius 3 is 2.30 bits per heavy atom. The Morgan fingerprint density at radius 2 is 1.70 bits per heavy atom. The van der Waals surface area contributed by atoms with E-state index in [-0.39, 0.29) is 17.9 Å². The third-order valence-corrected chi connectivity index (χ3v) is 6.10. The third-order valence-electron chi connectivity index (χ3n) is 5.69. The molecule has 192 valence electrons. The zero-order chi connectivity index (χ0) is 25.1. The second-order valence-electron chi connectivity index (χ2n) is 9.43.